The molecule has 2 saturated heterocycles. The first-order valence-electron chi connectivity index (χ1n) is 6.92. The number of nitrogens with one attached hydrogen (secondary N) is 1. The van der Waals surface area contributed by atoms with Crippen LogP contribution < -0.4 is 10.5 Å². The van der Waals surface area contributed by atoms with Gasteiger partial charge in [-0.25, -0.2) is 0 Å². The summed E-state index contributed by atoms with van der Waals surface area (Å²) in [7, 11) is 0. The van der Waals surface area contributed by atoms with Crippen molar-refractivity contribution in [1.29, 1.82) is 0 Å². The lowest BCUT2D eigenvalue weighted by Gasteiger charge is -2.34. The van der Waals surface area contributed by atoms with Crippen LogP contribution in [0, 0.1) is 5.21 Å². The van der Waals surface area contributed by atoms with Gasteiger partial charge in [-0.05, 0) is 30.5 Å². The SMILES string of the molecule is O=C1NC(Cc2ccc(N([O-])O)cc2)C(=O)N2CCCC12. The highest BCUT2D eigenvalue weighted by molar-refractivity contribution is 5.97. The van der Waals surface area contributed by atoms with Crippen LogP contribution in [0.2, 0.25) is 0 Å². The van der Waals surface area contributed by atoms with E-state index in [0.717, 1.165) is 18.4 Å². The van der Waals surface area contributed by atoms with Crippen molar-refractivity contribution < 1.29 is 14.8 Å². The normalized spacial score (nSPS) is 24.8. The number of piperazine rings is 1. The molecule has 2 heterocycles. The fourth-order valence-electron chi connectivity index (χ4n) is 2.97. The van der Waals surface area contributed by atoms with E-state index in [1.54, 1.807) is 17.0 Å². The first-order valence-corrected chi connectivity index (χ1v) is 6.92. The Balaban J connectivity index is 1.72. The topological polar surface area (TPSA) is 95.9 Å². The summed E-state index contributed by atoms with van der Waals surface area (Å²) in [5, 5.41) is 22.1. The second-order valence-electron chi connectivity index (χ2n) is 5.39. The molecule has 21 heavy (non-hydrogen) atoms. The molecule has 1 aromatic rings. The molecule has 7 heteroatoms. The zero-order chi connectivity index (χ0) is 15.0. The monoisotopic (exact) mass is 290 g/mol. The summed E-state index contributed by atoms with van der Waals surface area (Å²) < 4.78 is 0. The zero-order valence-electron chi connectivity index (χ0n) is 11.4. The average Bonchev–Trinajstić information content (AvgIpc) is 2.95. The zero-order valence-corrected chi connectivity index (χ0v) is 11.4. The van der Waals surface area contributed by atoms with Crippen LogP contribution in [-0.2, 0) is 16.0 Å². The van der Waals surface area contributed by atoms with E-state index in [2.05, 4.69) is 5.32 Å². The predicted molar refractivity (Wildman–Crippen MR) is 74.4 cm³/mol. The summed E-state index contributed by atoms with van der Waals surface area (Å²) >= 11 is 0. The number of nitrogens with zero attached hydrogens (tertiary/aromatic N) is 2. The Bertz CT molecular complexity index is 558. The standard InChI is InChI=1S/C14H16N3O4/c18-13-12-2-1-7-16(12)14(19)11(15-13)8-9-3-5-10(6-4-9)17(20)21/h3-6,11-12,20H,1-2,7-8H2,(H,15,18)/q-1. The van der Waals surface area contributed by atoms with Crippen LogP contribution in [0.15, 0.2) is 24.3 Å². The van der Waals surface area contributed by atoms with E-state index < -0.39 is 6.04 Å². The average molecular weight is 290 g/mol. The van der Waals surface area contributed by atoms with Gasteiger partial charge in [0.15, 0.2) is 0 Å². The molecule has 2 atom stereocenters. The summed E-state index contributed by atoms with van der Waals surface area (Å²) in [5.41, 5.74) is 0.939. The van der Waals surface area contributed by atoms with Gasteiger partial charge in [-0.15, -0.1) is 0 Å². The molecular formula is C14H16N3O4-. The van der Waals surface area contributed by atoms with Crippen LogP contribution in [0.3, 0.4) is 0 Å². The molecular weight excluding hydrogens is 274 g/mol. The van der Waals surface area contributed by atoms with E-state index in [4.69, 9.17) is 5.21 Å². The second-order valence-corrected chi connectivity index (χ2v) is 5.39. The molecule has 0 aliphatic carbocycles. The fraction of sp³-hybridized carbons (Fsp3) is 0.429. The largest absolute Gasteiger partial charge is 0.733 e. The van der Waals surface area contributed by atoms with Crippen molar-refractivity contribution in [2.75, 3.05) is 11.8 Å². The molecule has 112 valence electrons. The van der Waals surface area contributed by atoms with Gasteiger partial charge < -0.3 is 20.7 Å². The van der Waals surface area contributed by atoms with Crippen molar-refractivity contribution in [3.05, 3.63) is 35.0 Å². The van der Waals surface area contributed by atoms with Crippen LogP contribution in [0.4, 0.5) is 5.69 Å². The summed E-state index contributed by atoms with van der Waals surface area (Å²) in [5.74, 6) is -0.136. The maximum atomic E-state index is 12.3. The predicted octanol–water partition coefficient (Wildman–Crippen LogP) is 0.412. The number of carbonyl (C=O) groups excluding carboxylic acids is 2. The van der Waals surface area contributed by atoms with Crippen molar-refractivity contribution in [2.45, 2.75) is 31.3 Å². The van der Waals surface area contributed by atoms with Crippen LogP contribution >= 0.6 is 0 Å². The van der Waals surface area contributed by atoms with E-state index in [-0.39, 0.29) is 28.8 Å². The Hall–Kier alpha value is -2.12. The number of carbonyl (C=O) groups is 2. The highest BCUT2D eigenvalue weighted by Crippen LogP contribution is 2.23. The number of anilines is 1. The third kappa shape index (κ3) is 2.57. The van der Waals surface area contributed by atoms with Crippen molar-refractivity contribution in [3.8, 4) is 0 Å². The molecule has 2 N–H and O–H groups in total. The molecule has 0 aromatic heterocycles. The molecule has 2 unspecified atom stereocenters. The first-order chi connectivity index (χ1) is 10.1. The van der Waals surface area contributed by atoms with Crippen molar-refractivity contribution >= 4 is 17.5 Å². The molecule has 2 amide bonds. The lowest BCUT2D eigenvalue weighted by Crippen LogP contribution is -2.61. The lowest BCUT2D eigenvalue weighted by atomic mass is 10.0. The van der Waals surface area contributed by atoms with Crippen LogP contribution in [0.5, 0.6) is 0 Å². The minimum atomic E-state index is -0.560. The first kappa shape index (κ1) is 13.8. The number of fused-ring (bicyclic) bond motifs is 1. The molecule has 3 rings (SSSR count). The van der Waals surface area contributed by atoms with Crippen molar-refractivity contribution in [3.63, 3.8) is 0 Å². The molecule has 0 spiro atoms. The van der Waals surface area contributed by atoms with Gasteiger partial charge in [0.25, 0.3) is 0 Å². The summed E-state index contributed by atoms with van der Waals surface area (Å²) in [6.45, 7) is 0.641. The number of hydrogen-bond acceptors (Lipinski definition) is 5. The Kier molecular flexibility index (Phi) is 3.52. The van der Waals surface area contributed by atoms with Gasteiger partial charge in [-0.3, -0.25) is 14.8 Å². The Morgan fingerprint density at radius 1 is 1.33 bits per heavy atom. The van der Waals surface area contributed by atoms with Crippen LogP contribution in [0.25, 0.3) is 0 Å². The quantitative estimate of drug-likeness (QED) is 0.786. The highest BCUT2D eigenvalue weighted by Gasteiger charge is 2.42. The number of hydrogen-bond donors (Lipinski definition) is 2. The number of amides is 2. The molecule has 7 nitrogen and oxygen atoms in total. The maximum absolute atomic E-state index is 12.3. The van der Waals surface area contributed by atoms with Gasteiger partial charge in [-0.1, -0.05) is 12.1 Å². The Morgan fingerprint density at radius 2 is 2.05 bits per heavy atom. The van der Waals surface area contributed by atoms with E-state index in [9.17, 15) is 14.8 Å². The third-order valence-electron chi connectivity index (χ3n) is 4.05. The third-order valence-corrected chi connectivity index (χ3v) is 4.05. The van der Waals surface area contributed by atoms with Crippen molar-refractivity contribution in [2.24, 2.45) is 0 Å². The van der Waals surface area contributed by atoms with E-state index in [1.165, 1.54) is 12.1 Å². The van der Waals surface area contributed by atoms with Crippen molar-refractivity contribution in [1.82, 2.24) is 10.2 Å². The molecule has 1 aromatic carbocycles. The van der Waals surface area contributed by atoms with Gasteiger partial charge >= 0.3 is 0 Å². The van der Waals surface area contributed by atoms with Gasteiger partial charge in [0, 0.05) is 13.0 Å². The molecule has 2 aliphatic heterocycles. The minimum Gasteiger partial charge on any atom is -0.733 e. The number of benzene rings is 1. The minimum absolute atomic E-state index is 0.0474. The second kappa shape index (κ2) is 5.34. The van der Waals surface area contributed by atoms with Gasteiger partial charge in [0.05, 0.1) is 5.69 Å². The van der Waals surface area contributed by atoms with E-state index in [0.29, 0.717) is 13.0 Å². The van der Waals surface area contributed by atoms with Gasteiger partial charge in [0.2, 0.25) is 11.8 Å². The summed E-state index contributed by atoms with van der Waals surface area (Å²) in [6, 6.07) is 5.39. The molecule has 0 saturated carbocycles. The lowest BCUT2D eigenvalue weighted by molar-refractivity contribution is -0.146. The van der Waals surface area contributed by atoms with Gasteiger partial charge in [-0.2, -0.15) is 0 Å². The van der Waals surface area contributed by atoms with Gasteiger partial charge in [0.1, 0.15) is 12.1 Å². The number of rotatable bonds is 3. The smallest absolute Gasteiger partial charge is 0.246 e. The molecule has 2 aliphatic rings. The Labute approximate surface area is 121 Å². The molecule has 0 radical (unpaired) electrons. The maximum Gasteiger partial charge on any atom is 0.246 e. The summed E-state index contributed by atoms with van der Waals surface area (Å²) in [4.78, 5) is 26.0. The van der Waals surface area contributed by atoms with Crippen LogP contribution in [0.1, 0.15) is 18.4 Å². The van der Waals surface area contributed by atoms with Crippen LogP contribution in [-0.4, -0.2) is 40.5 Å². The highest BCUT2D eigenvalue weighted by atomic mass is 16.8. The molecule has 2 fully saturated rings. The van der Waals surface area contributed by atoms with E-state index in [1.807, 2.05) is 0 Å². The fourth-order valence-corrected chi connectivity index (χ4v) is 2.97. The Morgan fingerprint density at radius 3 is 2.71 bits per heavy atom. The molecule has 0 bridgehead atoms. The van der Waals surface area contributed by atoms with E-state index >= 15 is 0 Å². The summed E-state index contributed by atoms with van der Waals surface area (Å²) in [6.07, 6.45) is 1.97.